The maximum atomic E-state index is 13.7. The summed E-state index contributed by atoms with van der Waals surface area (Å²) in [4.78, 5) is 13.7. The van der Waals surface area contributed by atoms with Crippen molar-refractivity contribution >= 4 is 16.8 Å². The Morgan fingerprint density at radius 1 is 1.53 bits per heavy atom. The lowest BCUT2D eigenvalue weighted by molar-refractivity contribution is -0.118. The topological polar surface area (TPSA) is 65.1 Å². The van der Waals surface area contributed by atoms with E-state index in [1.165, 1.54) is 13.0 Å². The molecule has 0 aliphatic heterocycles. The Morgan fingerprint density at radius 3 is 3.00 bits per heavy atom. The summed E-state index contributed by atoms with van der Waals surface area (Å²) in [6, 6.07) is 2.93. The van der Waals surface area contributed by atoms with Gasteiger partial charge in [0, 0.05) is 30.6 Å². The molecule has 2 aromatic rings. The highest BCUT2D eigenvalue weighted by molar-refractivity contribution is 5.85. The van der Waals surface area contributed by atoms with Gasteiger partial charge < -0.3 is 15.4 Å². The lowest BCUT2D eigenvalue weighted by Crippen LogP contribution is -2.22. The summed E-state index contributed by atoms with van der Waals surface area (Å²) < 4.78 is 13.7. The number of aromatic hydroxyl groups is 1. The van der Waals surface area contributed by atoms with Gasteiger partial charge >= 0.3 is 0 Å². The zero-order valence-electron chi connectivity index (χ0n) is 9.38. The second-order valence-corrected chi connectivity index (χ2v) is 3.87. The van der Waals surface area contributed by atoms with Gasteiger partial charge in [-0.05, 0) is 24.1 Å². The van der Waals surface area contributed by atoms with Crippen LogP contribution in [0.2, 0.25) is 0 Å². The molecule has 0 radical (unpaired) electrons. The summed E-state index contributed by atoms with van der Waals surface area (Å²) in [6.45, 7) is 1.87. The molecule has 0 fully saturated rings. The average molecular weight is 236 g/mol. The second-order valence-electron chi connectivity index (χ2n) is 3.87. The fourth-order valence-corrected chi connectivity index (χ4v) is 1.81. The number of hydrogen-bond donors (Lipinski definition) is 3. The van der Waals surface area contributed by atoms with Crippen molar-refractivity contribution in [1.29, 1.82) is 0 Å². The fourth-order valence-electron chi connectivity index (χ4n) is 1.81. The van der Waals surface area contributed by atoms with E-state index in [2.05, 4.69) is 10.3 Å². The molecule has 1 heterocycles. The molecule has 0 aliphatic carbocycles. The third kappa shape index (κ3) is 2.22. The summed E-state index contributed by atoms with van der Waals surface area (Å²) >= 11 is 0. The Morgan fingerprint density at radius 2 is 2.29 bits per heavy atom. The molecule has 0 unspecified atom stereocenters. The van der Waals surface area contributed by atoms with E-state index in [-0.39, 0.29) is 11.7 Å². The van der Waals surface area contributed by atoms with Crippen LogP contribution in [0.1, 0.15) is 12.5 Å². The minimum absolute atomic E-state index is 0.117. The van der Waals surface area contributed by atoms with Crippen LogP contribution in [0.3, 0.4) is 0 Å². The van der Waals surface area contributed by atoms with Crippen molar-refractivity contribution in [2.24, 2.45) is 0 Å². The van der Waals surface area contributed by atoms with Crippen molar-refractivity contribution in [3.63, 3.8) is 0 Å². The lowest BCUT2D eigenvalue weighted by Gasteiger charge is -2.02. The third-order valence-corrected chi connectivity index (χ3v) is 2.61. The molecule has 0 bridgehead atoms. The molecule has 0 aliphatic rings. The van der Waals surface area contributed by atoms with Gasteiger partial charge in [0.25, 0.3) is 0 Å². The third-order valence-electron chi connectivity index (χ3n) is 2.61. The zero-order chi connectivity index (χ0) is 12.4. The molecule has 3 N–H and O–H groups in total. The first-order valence-corrected chi connectivity index (χ1v) is 5.31. The first-order valence-electron chi connectivity index (χ1n) is 5.31. The van der Waals surface area contributed by atoms with Crippen molar-refractivity contribution in [3.8, 4) is 5.75 Å². The molecule has 5 heteroatoms. The van der Waals surface area contributed by atoms with E-state index in [9.17, 15) is 14.3 Å². The Labute approximate surface area is 97.5 Å². The van der Waals surface area contributed by atoms with Crippen LogP contribution < -0.4 is 5.32 Å². The molecule has 2 rings (SSSR count). The maximum absolute atomic E-state index is 13.7. The quantitative estimate of drug-likeness (QED) is 0.759. The van der Waals surface area contributed by atoms with Crippen molar-refractivity contribution in [1.82, 2.24) is 10.3 Å². The highest BCUT2D eigenvalue weighted by Crippen LogP contribution is 2.27. The Balaban J connectivity index is 2.28. The molecule has 0 saturated carbocycles. The number of benzene rings is 1. The van der Waals surface area contributed by atoms with Crippen LogP contribution in [-0.4, -0.2) is 22.5 Å². The summed E-state index contributed by atoms with van der Waals surface area (Å²) in [6.07, 6.45) is 2.20. The van der Waals surface area contributed by atoms with E-state index in [1.54, 1.807) is 12.3 Å². The minimum atomic E-state index is -0.624. The number of aromatic nitrogens is 1. The predicted octanol–water partition coefficient (Wildman–Crippen LogP) is 1.69. The highest BCUT2D eigenvalue weighted by Gasteiger charge is 2.12. The molecule has 17 heavy (non-hydrogen) atoms. The van der Waals surface area contributed by atoms with E-state index in [0.717, 1.165) is 5.56 Å². The number of phenols is 1. The predicted molar refractivity (Wildman–Crippen MR) is 62.3 cm³/mol. The molecule has 90 valence electrons. The van der Waals surface area contributed by atoms with Crippen LogP contribution >= 0.6 is 0 Å². The van der Waals surface area contributed by atoms with E-state index in [0.29, 0.717) is 23.9 Å². The normalized spacial score (nSPS) is 10.7. The minimum Gasteiger partial charge on any atom is -0.505 e. The van der Waals surface area contributed by atoms with Gasteiger partial charge in [0.1, 0.15) is 0 Å². The number of fused-ring (bicyclic) bond motifs is 1. The Kier molecular flexibility index (Phi) is 2.99. The second kappa shape index (κ2) is 4.45. The number of phenolic OH excluding ortho intramolecular Hbond substituents is 1. The number of rotatable bonds is 3. The smallest absolute Gasteiger partial charge is 0.216 e. The lowest BCUT2D eigenvalue weighted by atomic mass is 10.1. The van der Waals surface area contributed by atoms with Gasteiger partial charge in [0.15, 0.2) is 11.6 Å². The first-order chi connectivity index (χ1) is 8.09. The summed E-state index contributed by atoms with van der Waals surface area (Å²) in [7, 11) is 0. The van der Waals surface area contributed by atoms with Crippen LogP contribution in [0, 0.1) is 5.82 Å². The SMILES string of the molecule is CC(=O)NCCc1c[nH]c2ccc(O)c(F)c12. The number of nitrogens with one attached hydrogen (secondary N) is 2. The Hall–Kier alpha value is -2.04. The van der Waals surface area contributed by atoms with E-state index in [4.69, 9.17) is 0 Å². The molecule has 1 aromatic carbocycles. The summed E-state index contributed by atoms with van der Waals surface area (Å²) in [5, 5.41) is 12.3. The molecule has 0 spiro atoms. The number of H-pyrrole nitrogens is 1. The standard InChI is InChI=1S/C12H13FN2O2/c1-7(16)14-5-4-8-6-15-9-2-3-10(17)12(13)11(8)9/h2-3,6,15,17H,4-5H2,1H3,(H,14,16). The molecule has 1 aromatic heterocycles. The zero-order valence-corrected chi connectivity index (χ0v) is 9.38. The van der Waals surface area contributed by atoms with Gasteiger partial charge in [0.2, 0.25) is 5.91 Å². The van der Waals surface area contributed by atoms with Crippen molar-refractivity contribution in [2.45, 2.75) is 13.3 Å². The molecule has 0 saturated heterocycles. The van der Waals surface area contributed by atoms with Crippen LogP contribution in [0.4, 0.5) is 4.39 Å². The maximum Gasteiger partial charge on any atom is 0.216 e. The van der Waals surface area contributed by atoms with Gasteiger partial charge in [-0.3, -0.25) is 4.79 Å². The molecular weight excluding hydrogens is 223 g/mol. The summed E-state index contributed by atoms with van der Waals surface area (Å²) in [5.74, 6) is -1.10. The van der Waals surface area contributed by atoms with E-state index < -0.39 is 5.82 Å². The molecule has 4 nitrogen and oxygen atoms in total. The monoisotopic (exact) mass is 236 g/mol. The van der Waals surface area contributed by atoms with Gasteiger partial charge in [-0.15, -0.1) is 0 Å². The number of halogens is 1. The van der Waals surface area contributed by atoms with Crippen LogP contribution in [0.5, 0.6) is 5.75 Å². The van der Waals surface area contributed by atoms with Crippen molar-refractivity contribution in [3.05, 3.63) is 29.7 Å². The van der Waals surface area contributed by atoms with Crippen LogP contribution in [0.15, 0.2) is 18.3 Å². The summed E-state index contributed by atoms with van der Waals surface area (Å²) in [5.41, 5.74) is 1.38. The first kappa shape index (κ1) is 11.4. The van der Waals surface area contributed by atoms with Gasteiger partial charge in [-0.1, -0.05) is 0 Å². The molecule has 0 atom stereocenters. The van der Waals surface area contributed by atoms with Gasteiger partial charge in [0.05, 0.1) is 0 Å². The largest absolute Gasteiger partial charge is 0.505 e. The molecule has 1 amide bonds. The van der Waals surface area contributed by atoms with Gasteiger partial charge in [-0.2, -0.15) is 0 Å². The number of carbonyl (C=O) groups is 1. The van der Waals surface area contributed by atoms with Crippen molar-refractivity contribution < 1.29 is 14.3 Å². The number of amides is 1. The number of aromatic amines is 1. The van der Waals surface area contributed by atoms with E-state index in [1.807, 2.05) is 0 Å². The van der Waals surface area contributed by atoms with Crippen molar-refractivity contribution in [2.75, 3.05) is 6.54 Å². The molecular formula is C12H13FN2O2. The fraction of sp³-hybridized carbons (Fsp3) is 0.250. The highest BCUT2D eigenvalue weighted by atomic mass is 19.1. The Bertz CT molecular complexity index is 563. The van der Waals surface area contributed by atoms with E-state index >= 15 is 0 Å². The number of hydrogen-bond acceptors (Lipinski definition) is 2. The average Bonchev–Trinajstić information content (AvgIpc) is 2.67. The van der Waals surface area contributed by atoms with Crippen LogP contribution in [-0.2, 0) is 11.2 Å². The van der Waals surface area contributed by atoms with Gasteiger partial charge in [-0.25, -0.2) is 4.39 Å². The number of carbonyl (C=O) groups excluding carboxylic acids is 1. The van der Waals surface area contributed by atoms with Crippen LogP contribution in [0.25, 0.3) is 10.9 Å².